The van der Waals surface area contributed by atoms with Gasteiger partial charge in [-0.25, -0.2) is 0 Å². The van der Waals surface area contributed by atoms with Crippen molar-refractivity contribution in [3.63, 3.8) is 0 Å². The normalized spacial score (nSPS) is 10.8. The minimum Gasteiger partial charge on any atom is -0.542 e. The van der Waals surface area contributed by atoms with Gasteiger partial charge in [0.2, 0.25) is 0 Å². The molecule has 0 unspecified atom stereocenters. The number of aliphatic carboxylic acids is 3. The van der Waals surface area contributed by atoms with E-state index in [1.807, 2.05) is 0 Å². The van der Waals surface area contributed by atoms with Crippen molar-refractivity contribution in [2.45, 2.75) is 18.5 Å². The summed E-state index contributed by atoms with van der Waals surface area (Å²) in [6, 6.07) is 0. The van der Waals surface area contributed by atoms with Gasteiger partial charge in [-0.15, -0.1) is 0 Å². The summed E-state index contributed by atoms with van der Waals surface area (Å²) in [6.45, 7) is 0. The van der Waals surface area contributed by atoms with E-state index in [2.05, 4.69) is 0 Å². The number of carbonyl (C=O) groups is 3. The summed E-state index contributed by atoms with van der Waals surface area (Å²) in [6.07, 6.45) is -15.6. The molecule has 0 aliphatic carbocycles. The molecular formula is C6F9NdO6. The van der Waals surface area contributed by atoms with Gasteiger partial charge in [-0.2, -0.15) is 39.5 Å². The molecule has 0 saturated carbocycles. The van der Waals surface area contributed by atoms with Crippen LogP contribution in [0.1, 0.15) is 0 Å². The summed E-state index contributed by atoms with van der Waals surface area (Å²) in [5, 5.41) is 26.4. The fraction of sp³-hybridized carbons (Fsp3) is 0.500. The second kappa shape index (κ2) is 10.8. The summed E-state index contributed by atoms with van der Waals surface area (Å²) >= 11 is 0. The zero-order valence-corrected chi connectivity index (χ0v) is 12.6. The van der Waals surface area contributed by atoms with E-state index in [9.17, 15) is 39.5 Å². The standard InChI is InChI=1S/3C2HF3O2.Nd/c3*3-2(4,5)1(6)7;/h3*(H,6,7);/q;;;+3/p-3. The van der Waals surface area contributed by atoms with Crippen molar-refractivity contribution in [3.05, 3.63) is 0 Å². The summed E-state index contributed by atoms with van der Waals surface area (Å²) in [5.74, 6) is -9.02. The van der Waals surface area contributed by atoms with Gasteiger partial charge in [-0.05, 0) is 0 Å². The smallest absolute Gasteiger partial charge is 0.542 e. The Morgan fingerprint density at radius 3 is 0.545 bits per heavy atom. The molecule has 0 aromatic heterocycles. The molecule has 0 heterocycles. The average Bonchev–Trinajstić information content (AvgIpc) is 2.14. The largest absolute Gasteiger partial charge is 3.00 e. The van der Waals surface area contributed by atoms with E-state index in [1.165, 1.54) is 0 Å². The van der Waals surface area contributed by atoms with Gasteiger partial charge in [0.25, 0.3) is 0 Å². The summed E-state index contributed by atoms with van der Waals surface area (Å²) in [7, 11) is 0. The maximum atomic E-state index is 10.5. The molecule has 0 aliphatic heterocycles. The third-order valence-corrected chi connectivity index (χ3v) is 0.694. The fourth-order valence-corrected chi connectivity index (χ4v) is 0. The van der Waals surface area contributed by atoms with E-state index in [4.69, 9.17) is 29.7 Å². The van der Waals surface area contributed by atoms with Gasteiger partial charge < -0.3 is 29.7 Å². The molecule has 0 aliphatic rings. The maximum Gasteiger partial charge on any atom is 3.00 e. The van der Waals surface area contributed by atoms with Crippen molar-refractivity contribution >= 4 is 17.9 Å². The minimum atomic E-state index is -5.19. The molecular weight excluding hydrogens is 483 g/mol. The first-order chi connectivity index (χ1) is 8.83. The van der Waals surface area contributed by atoms with E-state index in [0.29, 0.717) is 0 Å². The Hall–Kier alpha value is -0.869. The first-order valence-electron chi connectivity index (χ1n) is 3.68. The van der Waals surface area contributed by atoms with E-state index < -0.39 is 36.4 Å². The SMILES string of the molecule is O=C([O-])C(F)(F)F.O=C([O-])C(F)(F)F.O=C([O-])C(F)(F)F.[Nd+3]. The van der Waals surface area contributed by atoms with Crippen LogP contribution in [0.15, 0.2) is 0 Å². The first-order valence-corrected chi connectivity index (χ1v) is 3.68. The summed E-state index contributed by atoms with van der Waals surface area (Å²) in [4.78, 5) is 26.4. The predicted molar refractivity (Wildman–Crippen MR) is 33.2 cm³/mol. The molecule has 127 valence electrons. The van der Waals surface area contributed by atoms with Crippen LogP contribution in [-0.4, -0.2) is 36.4 Å². The number of alkyl halides is 9. The van der Waals surface area contributed by atoms with Crippen LogP contribution in [0.25, 0.3) is 0 Å². The third-order valence-electron chi connectivity index (χ3n) is 0.694. The Morgan fingerprint density at radius 2 is 0.545 bits per heavy atom. The topological polar surface area (TPSA) is 120 Å². The van der Waals surface area contributed by atoms with E-state index in [-0.39, 0.29) is 40.8 Å². The molecule has 0 saturated heterocycles. The number of halogens is 9. The molecule has 16 heteroatoms. The number of rotatable bonds is 0. The molecule has 0 bridgehead atoms. The number of carboxylic acid groups (broad SMARTS) is 3. The van der Waals surface area contributed by atoms with Crippen LogP contribution in [0.4, 0.5) is 39.5 Å². The van der Waals surface area contributed by atoms with Crippen LogP contribution in [-0.2, 0) is 14.4 Å². The number of hydrogen-bond donors (Lipinski definition) is 0. The maximum absolute atomic E-state index is 10.5. The van der Waals surface area contributed by atoms with E-state index >= 15 is 0 Å². The second-order valence-electron chi connectivity index (χ2n) is 2.36. The van der Waals surface area contributed by atoms with Crippen LogP contribution in [0.2, 0.25) is 0 Å². The van der Waals surface area contributed by atoms with Crippen LogP contribution >= 0.6 is 0 Å². The average molecular weight is 483 g/mol. The van der Waals surface area contributed by atoms with Crippen molar-refractivity contribution in [2.75, 3.05) is 0 Å². The first kappa shape index (κ1) is 29.2. The Labute approximate surface area is 146 Å². The Morgan fingerprint density at radius 1 is 0.500 bits per heavy atom. The van der Waals surface area contributed by atoms with Gasteiger partial charge in [-0.3, -0.25) is 0 Å². The van der Waals surface area contributed by atoms with Crippen molar-refractivity contribution < 1.29 is 110 Å². The zero-order valence-electron chi connectivity index (χ0n) is 9.35. The summed E-state index contributed by atoms with van der Waals surface area (Å²) in [5.41, 5.74) is 0. The predicted octanol–water partition coefficient (Wildman–Crippen LogP) is -2.10. The van der Waals surface area contributed by atoms with Gasteiger partial charge in [0.15, 0.2) is 0 Å². The Bertz CT molecular complexity index is 313. The summed E-state index contributed by atoms with van der Waals surface area (Å²) < 4.78 is 94.6. The van der Waals surface area contributed by atoms with E-state index in [1.54, 1.807) is 0 Å². The molecule has 0 aromatic carbocycles. The van der Waals surface area contributed by atoms with Gasteiger partial charge in [-0.1, -0.05) is 0 Å². The third kappa shape index (κ3) is 21.4. The zero-order chi connectivity index (χ0) is 18.2. The van der Waals surface area contributed by atoms with Crippen molar-refractivity contribution in [3.8, 4) is 0 Å². The number of hydrogen-bond acceptors (Lipinski definition) is 6. The van der Waals surface area contributed by atoms with Crippen LogP contribution in [0.5, 0.6) is 0 Å². The van der Waals surface area contributed by atoms with Crippen LogP contribution < -0.4 is 15.3 Å². The molecule has 0 spiro atoms. The molecule has 0 fully saturated rings. The molecule has 0 amide bonds. The van der Waals surface area contributed by atoms with E-state index in [0.717, 1.165) is 0 Å². The minimum absolute atomic E-state index is 0. The van der Waals surface area contributed by atoms with Crippen molar-refractivity contribution in [2.24, 2.45) is 0 Å². The Kier molecular flexibility index (Phi) is 14.3. The molecule has 0 aromatic rings. The van der Waals surface area contributed by atoms with Gasteiger partial charge >= 0.3 is 59.4 Å². The van der Waals surface area contributed by atoms with Crippen LogP contribution in [0, 0.1) is 40.8 Å². The molecule has 6 nitrogen and oxygen atoms in total. The molecule has 0 rings (SSSR count). The monoisotopic (exact) mass is 481 g/mol. The second-order valence-corrected chi connectivity index (χ2v) is 2.36. The van der Waals surface area contributed by atoms with Crippen LogP contribution in [0.3, 0.4) is 0 Å². The molecule has 0 N–H and O–H groups in total. The van der Waals surface area contributed by atoms with Gasteiger partial charge in [0.05, 0.1) is 0 Å². The van der Waals surface area contributed by atoms with Crippen molar-refractivity contribution in [1.29, 1.82) is 0 Å². The van der Waals surface area contributed by atoms with Gasteiger partial charge in [0, 0.05) is 0 Å². The van der Waals surface area contributed by atoms with Gasteiger partial charge in [0.1, 0.15) is 17.9 Å². The Balaban J connectivity index is -0.000000108. The molecule has 1 radical (unpaired) electrons. The number of carbonyl (C=O) groups excluding carboxylic acids is 3. The van der Waals surface area contributed by atoms with Crippen molar-refractivity contribution in [1.82, 2.24) is 0 Å². The number of carboxylic acids is 3. The molecule has 22 heavy (non-hydrogen) atoms. The molecule has 0 atom stereocenters. The quantitative estimate of drug-likeness (QED) is 0.364. The fourth-order valence-electron chi connectivity index (χ4n) is 0.